The van der Waals surface area contributed by atoms with E-state index in [9.17, 15) is 18.4 Å². The molecule has 26 heavy (non-hydrogen) atoms. The van der Waals surface area contributed by atoms with Crippen LogP contribution in [0.4, 0.5) is 14.5 Å². The Balaban J connectivity index is 1.89. The molecule has 1 aromatic carbocycles. The fourth-order valence-corrected chi connectivity index (χ4v) is 2.74. The predicted molar refractivity (Wildman–Crippen MR) is 92.8 cm³/mol. The van der Waals surface area contributed by atoms with Gasteiger partial charge in [0.05, 0.1) is 5.75 Å². The molecule has 1 amide bonds. The highest BCUT2D eigenvalue weighted by molar-refractivity contribution is 7.99. The number of anilines is 1. The summed E-state index contributed by atoms with van der Waals surface area (Å²) in [6.07, 6.45) is -1.22. The van der Waals surface area contributed by atoms with Crippen LogP contribution < -0.4 is 5.32 Å². The van der Waals surface area contributed by atoms with Crippen molar-refractivity contribution in [2.24, 2.45) is 0 Å². The molecule has 0 saturated heterocycles. The Hall–Kier alpha value is -2.55. The molecule has 0 saturated carbocycles. The lowest BCUT2D eigenvalue weighted by Crippen LogP contribution is -2.31. The van der Waals surface area contributed by atoms with E-state index in [-0.39, 0.29) is 5.75 Å². The lowest BCUT2D eigenvalue weighted by molar-refractivity contribution is -0.150. The van der Waals surface area contributed by atoms with Crippen molar-refractivity contribution in [3.05, 3.63) is 47.3 Å². The van der Waals surface area contributed by atoms with Crippen LogP contribution in [0, 0.1) is 25.5 Å². The molecule has 0 fully saturated rings. The van der Waals surface area contributed by atoms with E-state index in [1.807, 2.05) is 13.8 Å². The first-order valence-electron chi connectivity index (χ1n) is 7.65. The summed E-state index contributed by atoms with van der Waals surface area (Å²) in [4.78, 5) is 32.2. The fraction of sp³-hybridized carbons (Fsp3) is 0.294. The summed E-state index contributed by atoms with van der Waals surface area (Å²) in [5.41, 5.74) is 0.958. The number of halogens is 2. The molecule has 0 aliphatic heterocycles. The van der Waals surface area contributed by atoms with Crippen LogP contribution in [0.3, 0.4) is 0 Å². The first kappa shape index (κ1) is 19.8. The van der Waals surface area contributed by atoms with Crippen molar-refractivity contribution < 1.29 is 23.1 Å². The molecule has 1 aromatic heterocycles. The number of hydrogen-bond acceptors (Lipinski definition) is 6. The number of para-hydroxylation sites is 1. The van der Waals surface area contributed by atoms with Crippen LogP contribution in [-0.2, 0) is 14.3 Å². The van der Waals surface area contributed by atoms with E-state index in [2.05, 4.69) is 15.3 Å². The first-order valence-corrected chi connectivity index (χ1v) is 8.64. The number of aromatic nitrogens is 2. The third-order valence-electron chi connectivity index (χ3n) is 3.17. The van der Waals surface area contributed by atoms with E-state index in [0.29, 0.717) is 5.16 Å². The standard InChI is InChI=1S/C17H17F2N3O3S/c1-9-7-10(2)21-17(20-9)26-8-14(23)25-11(3)16(24)22-15-12(18)5-4-6-13(15)19/h4-7,11H,8H2,1-3H3,(H,22,24)/t11-/m1/s1. The number of ether oxygens (including phenoxy) is 1. The molecule has 0 aliphatic carbocycles. The van der Waals surface area contributed by atoms with E-state index < -0.39 is 35.3 Å². The number of benzene rings is 1. The Bertz CT molecular complexity index is 792. The molecule has 0 unspecified atom stereocenters. The van der Waals surface area contributed by atoms with E-state index in [1.54, 1.807) is 6.07 Å². The molecular formula is C17H17F2N3O3S. The number of carbonyl (C=O) groups excluding carboxylic acids is 2. The highest BCUT2D eigenvalue weighted by Gasteiger charge is 2.21. The van der Waals surface area contributed by atoms with Gasteiger partial charge in [0.1, 0.15) is 17.3 Å². The quantitative estimate of drug-likeness (QED) is 0.471. The molecule has 1 N–H and O–H groups in total. The molecule has 0 radical (unpaired) electrons. The Morgan fingerprint density at radius 2 is 1.77 bits per heavy atom. The minimum Gasteiger partial charge on any atom is -0.452 e. The normalized spacial score (nSPS) is 11.7. The van der Waals surface area contributed by atoms with Gasteiger partial charge in [0, 0.05) is 11.4 Å². The molecule has 6 nitrogen and oxygen atoms in total. The van der Waals surface area contributed by atoms with Gasteiger partial charge in [-0.3, -0.25) is 9.59 Å². The van der Waals surface area contributed by atoms with Gasteiger partial charge in [-0.05, 0) is 39.0 Å². The number of esters is 1. The van der Waals surface area contributed by atoms with Crippen LogP contribution in [0.25, 0.3) is 0 Å². The Morgan fingerprint density at radius 3 is 2.35 bits per heavy atom. The van der Waals surface area contributed by atoms with Gasteiger partial charge in [-0.25, -0.2) is 18.7 Å². The number of thioether (sulfide) groups is 1. The van der Waals surface area contributed by atoms with Crippen LogP contribution in [-0.4, -0.2) is 33.7 Å². The van der Waals surface area contributed by atoms with Crippen LogP contribution in [0.5, 0.6) is 0 Å². The first-order chi connectivity index (χ1) is 12.3. The third-order valence-corrected chi connectivity index (χ3v) is 3.99. The largest absolute Gasteiger partial charge is 0.452 e. The summed E-state index contributed by atoms with van der Waals surface area (Å²) < 4.78 is 32.0. The number of nitrogens with zero attached hydrogens (tertiary/aromatic N) is 2. The lowest BCUT2D eigenvalue weighted by atomic mass is 10.2. The van der Waals surface area contributed by atoms with E-state index in [1.165, 1.54) is 13.0 Å². The number of carbonyl (C=O) groups is 2. The van der Waals surface area contributed by atoms with Crippen molar-refractivity contribution in [2.45, 2.75) is 32.0 Å². The SMILES string of the molecule is Cc1cc(C)nc(SCC(=O)O[C@H](C)C(=O)Nc2c(F)cccc2F)n1. The highest BCUT2D eigenvalue weighted by atomic mass is 32.2. The van der Waals surface area contributed by atoms with Crippen LogP contribution >= 0.6 is 11.8 Å². The second-order valence-corrected chi connectivity index (χ2v) is 6.38. The van der Waals surface area contributed by atoms with Crippen molar-refractivity contribution in [1.29, 1.82) is 0 Å². The molecule has 1 atom stereocenters. The van der Waals surface area contributed by atoms with Crippen molar-refractivity contribution in [2.75, 3.05) is 11.1 Å². The molecule has 1 heterocycles. The van der Waals surface area contributed by atoms with E-state index >= 15 is 0 Å². The minimum absolute atomic E-state index is 0.103. The molecule has 0 aliphatic rings. The molecule has 2 rings (SSSR count). The maximum absolute atomic E-state index is 13.5. The van der Waals surface area contributed by atoms with Gasteiger partial charge in [-0.1, -0.05) is 17.8 Å². The third kappa shape index (κ3) is 5.48. The van der Waals surface area contributed by atoms with Gasteiger partial charge in [-0.2, -0.15) is 0 Å². The average Bonchev–Trinajstić information content (AvgIpc) is 2.55. The lowest BCUT2D eigenvalue weighted by Gasteiger charge is -2.14. The zero-order valence-electron chi connectivity index (χ0n) is 14.4. The second-order valence-electron chi connectivity index (χ2n) is 5.44. The summed E-state index contributed by atoms with van der Waals surface area (Å²) in [5.74, 6) is -3.45. The topological polar surface area (TPSA) is 81.2 Å². The van der Waals surface area contributed by atoms with Crippen LogP contribution in [0.1, 0.15) is 18.3 Å². The second kappa shape index (κ2) is 8.70. The number of rotatable bonds is 6. The van der Waals surface area contributed by atoms with E-state index in [4.69, 9.17) is 4.74 Å². The van der Waals surface area contributed by atoms with Crippen molar-refractivity contribution in [1.82, 2.24) is 9.97 Å². The summed E-state index contributed by atoms with van der Waals surface area (Å²) in [7, 11) is 0. The van der Waals surface area contributed by atoms with Crippen molar-refractivity contribution >= 4 is 29.3 Å². The zero-order valence-corrected chi connectivity index (χ0v) is 15.2. The Morgan fingerprint density at radius 1 is 1.19 bits per heavy atom. The van der Waals surface area contributed by atoms with Gasteiger partial charge < -0.3 is 10.1 Å². The number of hydrogen-bond donors (Lipinski definition) is 1. The van der Waals surface area contributed by atoms with Crippen molar-refractivity contribution in [3.63, 3.8) is 0 Å². The van der Waals surface area contributed by atoms with Gasteiger partial charge >= 0.3 is 5.97 Å². The molecule has 2 aromatic rings. The smallest absolute Gasteiger partial charge is 0.317 e. The Labute approximate surface area is 153 Å². The summed E-state index contributed by atoms with van der Waals surface area (Å²) in [5, 5.41) is 2.50. The van der Waals surface area contributed by atoms with E-state index in [0.717, 1.165) is 35.3 Å². The van der Waals surface area contributed by atoms with Gasteiger partial charge in [0.2, 0.25) is 0 Å². The highest BCUT2D eigenvalue weighted by Crippen LogP contribution is 2.19. The van der Waals surface area contributed by atoms with Crippen LogP contribution in [0.2, 0.25) is 0 Å². The van der Waals surface area contributed by atoms with Crippen molar-refractivity contribution in [3.8, 4) is 0 Å². The molecule has 138 valence electrons. The summed E-state index contributed by atoms with van der Waals surface area (Å²) in [6, 6.07) is 5.00. The molecule has 9 heteroatoms. The summed E-state index contributed by atoms with van der Waals surface area (Å²) >= 11 is 1.07. The van der Waals surface area contributed by atoms with Gasteiger partial charge in [0.15, 0.2) is 11.3 Å². The maximum atomic E-state index is 13.5. The molecule has 0 bridgehead atoms. The van der Waals surface area contributed by atoms with Crippen LogP contribution in [0.15, 0.2) is 29.4 Å². The Kier molecular flexibility index (Phi) is 6.62. The fourth-order valence-electron chi connectivity index (χ4n) is 2.01. The average molecular weight is 381 g/mol. The maximum Gasteiger partial charge on any atom is 0.317 e. The monoisotopic (exact) mass is 381 g/mol. The predicted octanol–water partition coefficient (Wildman–Crippen LogP) is 3.03. The van der Waals surface area contributed by atoms with Gasteiger partial charge in [-0.15, -0.1) is 0 Å². The molecule has 0 spiro atoms. The number of nitrogens with one attached hydrogen (secondary N) is 1. The molecular weight excluding hydrogens is 364 g/mol. The zero-order chi connectivity index (χ0) is 19.3. The number of aryl methyl sites for hydroxylation is 2. The summed E-state index contributed by atoms with van der Waals surface area (Å²) in [6.45, 7) is 4.93. The van der Waals surface area contributed by atoms with Gasteiger partial charge in [0.25, 0.3) is 5.91 Å². The number of amides is 1. The minimum atomic E-state index is -1.22.